The average molecular weight is 330 g/mol. The number of rotatable bonds is 5. The van der Waals surface area contributed by atoms with Gasteiger partial charge in [0.25, 0.3) is 0 Å². The van der Waals surface area contributed by atoms with Crippen LogP contribution in [-0.2, 0) is 4.74 Å². The number of esters is 1. The molecule has 7 nitrogen and oxygen atoms in total. The van der Waals surface area contributed by atoms with Gasteiger partial charge in [0.1, 0.15) is 11.5 Å². The van der Waals surface area contributed by atoms with Gasteiger partial charge < -0.3 is 24.8 Å². The van der Waals surface area contributed by atoms with E-state index >= 15 is 0 Å². The van der Waals surface area contributed by atoms with Crippen LogP contribution >= 0.6 is 0 Å². The van der Waals surface area contributed by atoms with E-state index in [4.69, 9.17) is 9.47 Å². The first-order chi connectivity index (χ1) is 11.6. The highest BCUT2D eigenvalue weighted by Crippen LogP contribution is 2.26. The zero-order chi connectivity index (χ0) is 17.5. The Balaban J connectivity index is 2.16. The second kappa shape index (κ2) is 7.87. The van der Waals surface area contributed by atoms with Crippen LogP contribution in [0.4, 0.5) is 16.2 Å². The van der Waals surface area contributed by atoms with Crippen LogP contribution in [0.2, 0.25) is 0 Å². The molecule has 2 aromatic carbocycles. The number of hydrogen-bond acceptors (Lipinski definition) is 5. The number of hydrogen-bond donors (Lipinski definition) is 2. The summed E-state index contributed by atoms with van der Waals surface area (Å²) in [6.45, 7) is 0. The Morgan fingerprint density at radius 2 is 1.71 bits per heavy atom. The third-order valence-corrected chi connectivity index (χ3v) is 3.20. The molecule has 0 aliphatic rings. The maximum atomic E-state index is 12.2. The number of nitrogens with one attached hydrogen (secondary N) is 2. The number of urea groups is 1. The van der Waals surface area contributed by atoms with Gasteiger partial charge in [0, 0.05) is 11.8 Å². The van der Waals surface area contributed by atoms with Gasteiger partial charge in [-0.05, 0) is 30.3 Å². The number of benzene rings is 2. The summed E-state index contributed by atoms with van der Waals surface area (Å²) in [5, 5.41) is 5.32. The molecule has 0 aromatic heterocycles. The van der Waals surface area contributed by atoms with E-state index in [9.17, 15) is 9.59 Å². The molecule has 0 bridgehead atoms. The Morgan fingerprint density at radius 3 is 2.38 bits per heavy atom. The van der Waals surface area contributed by atoms with E-state index in [0.29, 0.717) is 28.4 Å². The van der Waals surface area contributed by atoms with E-state index in [0.717, 1.165) is 0 Å². The molecule has 0 radical (unpaired) electrons. The molecule has 24 heavy (non-hydrogen) atoms. The van der Waals surface area contributed by atoms with E-state index in [1.165, 1.54) is 20.3 Å². The van der Waals surface area contributed by atoms with Crippen LogP contribution in [0.25, 0.3) is 0 Å². The lowest BCUT2D eigenvalue weighted by Crippen LogP contribution is -2.20. The largest absolute Gasteiger partial charge is 0.497 e. The molecule has 0 heterocycles. The minimum atomic E-state index is -0.506. The molecule has 126 valence electrons. The number of carbonyl (C=O) groups excluding carboxylic acids is 2. The number of amides is 2. The van der Waals surface area contributed by atoms with Crippen LogP contribution in [0.3, 0.4) is 0 Å². The number of ether oxygens (including phenoxy) is 3. The van der Waals surface area contributed by atoms with Crippen molar-refractivity contribution in [3.63, 3.8) is 0 Å². The fraction of sp³-hybridized carbons (Fsp3) is 0.176. The van der Waals surface area contributed by atoms with Crippen molar-refractivity contribution in [2.75, 3.05) is 32.0 Å². The third kappa shape index (κ3) is 4.16. The highest BCUT2D eigenvalue weighted by atomic mass is 16.5. The van der Waals surface area contributed by atoms with E-state index in [2.05, 4.69) is 15.4 Å². The van der Waals surface area contributed by atoms with Crippen molar-refractivity contribution in [2.24, 2.45) is 0 Å². The Kier molecular flexibility index (Phi) is 5.62. The lowest BCUT2D eigenvalue weighted by Gasteiger charge is -2.12. The van der Waals surface area contributed by atoms with Gasteiger partial charge in [0.2, 0.25) is 0 Å². The van der Waals surface area contributed by atoms with Crippen molar-refractivity contribution in [3.8, 4) is 11.5 Å². The van der Waals surface area contributed by atoms with Gasteiger partial charge in [0.15, 0.2) is 0 Å². The minimum absolute atomic E-state index is 0.301. The summed E-state index contributed by atoms with van der Waals surface area (Å²) in [5.74, 6) is 0.537. The van der Waals surface area contributed by atoms with Gasteiger partial charge in [-0.25, -0.2) is 9.59 Å². The van der Waals surface area contributed by atoms with Gasteiger partial charge in [0.05, 0.1) is 32.6 Å². The molecule has 7 heteroatoms. The Labute approximate surface area is 139 Å². The second-order valence-corrected chi connectivity index (χ2v) is 4.72. The molecular weight excluding hydrogens is 312 g/mol. The smallest absolute Gasteiger partial charge is 0.337 e. The average Bonchev–Trinajstić information content (AvgIpc) is 2.61. The maximum absolute atomic E-state index is 12.2. The quantitative estimate of drug-likeness (QED) is 0.823. The summed E-state index contributed by atoms with van der Waals surface area (Å²) in [4.78, 5) is 23.8. The summed E-state index contributed by atoms with van der Waals surface area (Å²) in [6, 6.07) is 11.1. The monoisotopic (exact) mass is 330 g/mol. The van der Waals surface area contributed by atoms with Gasteiger partial charge in [-0.3, -0.25) is 0 Å². The lowest BCUT2D eigenvalue weighted by atomic mass is 10.2. The third-order valence-electron chi connectivity index (χ3n) is 3.20. The molecule has 2 amide bonds. The van der Waals surface area contributed by atoms with Crippen LogP contribution < -0.4 is 20.1 Å². The molecule has 0 saturated heterocycles. The van der Waals surface area contributed by atoms with Crippen molar-refractivity contribution >= 4 is 23.4 Å². The Morgan fingerprint density at radius 1 is 0.917 bits per heavy atom. The molecule has 0 aliphatic carbocycles. The van der Waals surface area contributed by atoms with Gasteiger partial charge >= 0.3 is 12.0 Å². The molecule has 0 atom stereocenters. The normalized spacial score (nSPS) is 9.79. The summed E-state index contributed by atoms with van der Waals surface area (Å²) < 4.78 is 15.0. The summed E-state index contributed by atoms with van der Waals surface area (Å²) >= 11 is 0. The highest BCUT2D eigenvalue weighted by Gasteiger charge is 2.13. The second-order valence-electron chi connectivity index (χ2n) is 4.72. The molecular formula is C17H18N2O5. The lowest BCUT2D eigenvalue weighted by molar-refractivity contribution is 0.0600. The van der Waals surface area contributed by atoms with E-state index in [-0.39, 0.29) is 0 Å². The van der Waals surface area contributed by atoms with Crippen LogP contribution in [0.15, 0.2) is 42.5 Å². The first kappa shape index (κ1) is 17.1. The van der Waals surface area contributed by atoms with Gasteiger partial charge in [-0.1, -0.05) is 6.07 Å². The topological polar surface area (TPSA) is 85.9 Å². The van der Waals surface area contributed by atoms with Crippen LogP contribution in [0.5, 0.6) is 11.5 Å². The number of carbonyl (C=O) groups is 2. The molecule has 0 aliphatic heterocycles. The maximum Gasteiger partial charge on any atom is 0.337 e. The van der Waals surface area contributed by atoms with Crippen molar-refractivity contribution in [1.82, 2.24) is 0 Å². The van der Waals surface area contributed by atoms with E-state index in [1.807, 2.05) is 0 Å². The van der Waals surface area contributed by atoms with Crippen LogP contribution in [-0.4, -0.2) is 33.3 Å². The first-order valence-corrected chi connectivity index (χ1v) is 7.05. The minimum Gasteiger partial charge on any atom is -0.497 e. The Hall–Kier alpha value is -3.22. The van der Waals surface area contributed by atoms with Crippen LogP contribution in [0, 0.1) is 0 Å². The molecule has 0 saturated carbocycles. The van der Waals surface area contributed by atoms with Crippen molar-refractivity contribution in [1.29, 1.82) is 0 Å². The van der Waals surface area contributed by atoms with Gasteiger partial charge in [-0.15, -0.1) is 0 Å². The first-order valence-electron chi connectivity index (χ1n) is 7.05. The summed E-state index contributed by atoms with van der Waals surface area (Å²) in [5.41, 5.74) is 1.21. The van der Waals surface area contributed by atoms with Crippen LogP contribution in [0.1, 0.15) is 10.4 Å². The predicted molar refractivity (Wildman–Crippen MR) is 90.0 cm³/mol. The van der Waals surface area contributed by atoms with Crippen molar-refractivity contribution in [2.45, 2.75) is 0 Å². The zero-order valence-electron chi connectivity index (χ0n) is 13.6. The van der Waals surface area contributed by atoms with Gasteiger partial charge in [-0.2, -0.15) is 0 Å². The molecule has 0 spiro atoms. The van der Waals surface area contributed by atoms with Crippen molar-refractivity contribution in [3.05, 3.63) is 48.0 Å². The zero-order valence-corrected chi connectivity index (χ0v) is 13.6. The fourth-order valence-corrected chi connectivity index (χ4v) is 2.04. The number of anilines is 2. The highest BCUT2D eigenvalue weighted by molar-refractivity contribution is 6.02. The predicted octanol–water partition coefficient (Wildman–Crippen LogP) is 3.13. The molecule has 2 aromatic rings. The molecule has 2 rings (SSSR count). The molecule has 0 unspecified atom stereocenters. The van der Waals surface area contributed by atoms with E-state index < -0.39 is 12.0 Å². The van der Waals surface area contributed by atoms with Crippen molar-refractivity contribution < 1.29 is 23.8 Å². The van der Waals surface area contributed by atoms with E-state index in [1.54, 1.807) is 43.5 Å². The molecule has 0 fully saturated rings. The summed E-state index contributed by atoms with van der Waals surface area (Å²) in [7, 11) is 4.30. The summed E-state index contributed by atoms with van der Waals surface area (Å²) in [6.07, 6.45) is 0. The fourth-order valence-electron chi connectivity index (χ4n) is 2.04. The Bertz CT molecular complexity index is 746. The number of methoxy groups -OCH3 is 3. The SMILES string of the molecule is COC(=O)c1ccc(OC)c(NC(=O)Nc2cccc(OC)c2)c1. The molecule has 2 N–H and O–H groups in total. The standard InChI is InChI=1S/C17H18N2O5/c1-22-13-6-4-5-12(10-13)18-17(21)19-14-9-11(16(20)24-3)7-8-15(14)23-2/h4-10H,1-3H3,(H2,18,19,21).